The predicted octanol–water partition coefficient (Wildman–Crippen LogP) is 6.80. The lowest BCUT2D eigenvalue weighted by Crippen LogP contribution is -2.27. The molecule has 0 fully saturated rings. The van der Waals surface area contributed by atoms with Gasteiger partial charge in [-0.15, -0.1) is 5.10 Å². The average Bonchev–Trinajstić information content (AvgIpc) is 3.75. The molecular formula is C31H24ClF8N9O4. The van der Waals surface area contributed by atoms with E-state index in [0.29, 0.717) is 35.7 Å². The summed E-state index contributed by atoms with van der Waals surface area (Å²) in [7, 11) is 0. The number of alkyl halides is 8. The maximum absolute atomic E-state index is 13.9. The van der Waals surface area contributed by atoms with Crippen LogP contribution in [0.5, 0.6) is 0 Å². The molecular weight excluding hydrogens is 750 g/mol. The van der Waals surface area contributed by atoms with Crippen LogP contribution in [0.3, 0.4) is 0 Å². The third-order valence-corrected chi connectivity index (χ3v) is 8.13. The van der Waals surface area contributed by atoms with E-state index in [1.54, 1.807) is 13.0 Å². The molecule has 0 saturated carbocycles. The maximum atomic E-state index is 13.9. The van der Waals surface area contributed by atoms with E-state index >= 15 is 0 Å². The summed E-state index contributed by atoms with van der Waals surface area (Å²) in [6, 6.07) is 6.48. The molecule has 6 rings (SSSR count). The van der Waals surface area contributed by atoms with Crippen LogP contribution >= 0.6 is 11.6 Å². The second-order valence-electron chi connectivity index (χ2n) is 11.5. The molecule has 4 aromatic heterocycles. The van der Waals surface area contributed by atoms with Gasteiger partial charge in [0.15, 0.2) is 5.69 Å². The number of carboxylic acids is 1. The van der Waals surface area contributed by atoms with Gasteiger partial charge in [-0.05, 0) is 42.7 Å². The average molecular weight is 774 g/mol. The van der Waals surface area contributed by atoms with Gasteiger partial charge in [0.25, 0.3) is 5.56 Å². The minimum absolute atomic E-state index is 0.0414. The summed E-state index contributed by atoms with van der Waals surface area (Å²) < 4.78 is 102. The summed E-state index contributed by atoms with van der Waals surface area (Å²) in [5.41, 5.74) is -0.405. The Morgan fingerprint density at radius 3 is 2.38 bits per heavy atom. The molecule has 1 aromatic carbocycles. The highest BCUT2D eigenvalue weighted by Gasteiger charge is 2.38. The number of nitrogens with one attached hydrogen (secondary N) is 1. The Hall–Kier alpha value is -5.73. The number of anilines is 1. The molecule has 2 atom stereocenters. The summed E-state index contributed by atoms with van der Waals surface area (Å²) in [5, 5.41) is 20.6. The fraction of sp³-hybridized carbons (Fsp3) is 0.290. The van der Waals surface area contributed by atoms with E-state index < -0.39 is 48.1 Å². The lowest BCUT2D eigenvalue weighted by Gasteiger charge is -2.23. The van der Waals surface area contributed by atoms with Crippen molar-refractivity contribution in [3.8, 4) is 28.2 Å². The van der Waals surface area contributed by atoms with Crippen LogP contribution in [0.1, 0.15) is 50.0 Å². The van der Waals surface area contributed by atoms with Crippen molar-refractivity contribution in [2.75, 3.05) is 5.32 Å². The van der Waals surface area contributed by atoms with Crippen LogP contribution in [0, 0.1) is 5.92 Å². The number of pyridine rings is 1. The molecule has 1 amide bonds. The monoisotopic (exact) mass is 773 g/mol. The second kappa shape index (κ2) is 15.1. The fourth-order valence-electron chi connectivity index (χ4n) is 5.35. The number of aliphatic carboxylic acids is 1. The highest BCUT2D eigenvalue weighted by Crippen LogP contribution is 2.36. The third-order valence-electron chi connectivity index (χ3n) is 7.90. The summed E-state index contributed by atoms with van der Waals surface area (Å²) in [5.74, 6) is -3.61. The van der Waals surface area contributed by atoms with E-state index in [1.807, 2.05) is 0 Å². The van der Waals surface area contributed by atoms with Gasteiger partial charge < -0.3 is 10.4 Å². The van der Waals surface area contributed by atoms with E-state index in [9.17, 15) is 44.7 Å². The van der Waals surface area contributed by atoms with Crippen LogP contribution in [0.15, 0.2) is 66.2 Å². The van der Waals surface area contributed by atoms with Crippen LogP contribution in [0.25, 0.3) is 28.2 Å². The van der Waals surface area contributed by atoms with Crippen molar-refractivity contribution in [3.63, 3.8) is 0 Å². The summed E-state index contributed by atoms with van der Waals surface area (Å²) >= 11 is 6.21. The number of fused-ring (bicyclic) bond motifs is 4. The Bertz CT molecular complexity index is 2200. The van der Waals surface area contributed by atoms with E-state index in [-0.39, 0.29) is 44.8 Å². The van der Waals surface area contributed by atoms with Crippen molar-refractivity contribution in [1.29, 1.82) is 0 Å². The first-order chi connectivity index (χ1) is 24.8. The van der Waals surface area contributed by atoms with Gasteiger partial charge in [-0.2, -0.15) is 40.2 Å². The number of rotatable bonds is 4. The number of hydrogen-bond donors (Lipinski definition) is 2. The smallest absolute Gasteiger partial charge is 0.475 e. The van der Waals surface area contributed by atoms with Crippen LogP contribution in [0.4, 0.5) is 40.8 Å². The van der Waals surface area contributed by atoms with Crippen LogP contribution in [0.2, 0.25) is 5.02 Å². The molecule has 0 spiro atoms. The molecule has 5 aromatic rings. The molecule has 1 aliphatic heterocycles. The van der Waals surface area contributed by atoms with Crippen molar-refractivity contribution in [3.05, 3.63) is 88.1 Å². The zero-order chi connectivity index (χ0) is 38.8. The Morgan fingerprint density at radius 2 is 1.75 bits per heavy atom. The third kappa shape index (κ3) is 8.67. The number of carboxylic acid groups (broad SMARTS) is 1. The van der Waals surface area contributed by atoms with Gasteiger partial charge in [-0.3, -0.25) is 19.1 Å². The summed E-state index contributed by atoms with van der Waals surface area (Å²) in [6.07, 6.45) is -2.46. The highest BCUT2D eigenvalue weighted by atomic mass is 35.5. The van der Waals surface area contributed by atoms with Gasteiger partial charge in [-0.1, -0.05) is 30.2 Å². The molecule has 2 N–H and O–H groups in total. The molecule has 53 heavy (non-hydrogen) atoms. The predicted molar refractivity (Wildman–Crippen MR) is 169 cm³/mol. The van der Waals surface area contributed by atoms with Crippen molar-refractivity contribution < 1.29 is 49.8 Å². The minimum atomic E-state index is -5.08. The topological polar surface area (TPSA) is 163 Å². The zero-order valence-corrected chi connectivity index (χ0v) is 27.5. The molecule has 0 aliphatic carbocycles. The Morgan fingerprint density at radius 1 is 1.04 bits per heavy atom. The first-order valence-electron chi connectivity index (χ1n) is 15.1. The highest BCUT2D eigenvalue weighted by molar-refractivity contribution is 6.31. The number of aromatic nitrogens is 8. The van der Waals surface area contributed by atoms with Crippen LogP contribution < -0.4 is 10.9 Å². The van der Waals surface area contributed by atoms with Crippen molar-refractivity contribution in [2.45, 2.75) is 51.1 Å². The number of hydrogen-bond acceptors (Lipinski definition) is 8. The number of carbonyl (C=O) groups excluding carboxylic acids is 1. The van der Waals surface area contributed by atoms with Gasteiger partial charge in [0.1, 0.15) is 0 Å². The van der Waals surface area contributed by atoms with Gasteiger partial charge in [-0.25, -0.2) is 19.1 Å². The first kappa shape index (κ1) is 38.5. The molecule has 5 heterocycles. The molecule has 0 saturated heterocycles. The number of benzene rings is 1. The Balaban J connectivity index is 0.000000705. The van der Waals surface area contributed by atoms with Crippen LogP contribution in [-0.4, -0.2) is 62.5 Å². The van der Waals surface area contributed by atoms with E-state index in [2.05, 4.69) is 30.7 Å². The molecule has 13 nitrogen and oxygen atoms in total. The molecule has 280 valence electrons. The largest absolute Gasteiger partial charge is 0.490 e. The molecule has 0 radical (unpaired) electrons. The lowest BCUT2D eigenvalue weighted by atomic mass is 9.95. The van der Waals surface area contributed by atoms with Gasteiger partial charge >= 0.3 is 24.9 Å². The molecule has 2 bridgehead atoms. The van der Waals surface area contributed by atoms with Crippen molar-refractivity contribution >= 4 is 29.2 Å². The number of nitrogens with zero attached hydrogens (tertiary/aromatic N) is 8. The number of amides is 1. The fourth-order valence-corrected chi connectivity index (χ4v) is 5.52. The summed E-state index contributed by atoms with van der Waals surface area (Å²) in [4.78, 5) is 44.2. The van der Waals surface area contributed by atoms with Gasteiger partial charge in [0.05, 0.1) is 47.5 Å². The van der Waals surface area contributed by atoms with Gasteiger partial charge in [0.2, 0.25) is 5.91 Å². The Kier molecular flexibility index (Phi) is 11.0. The van der Waals surface area contributed by atoms with E-state index in [0.717, 1.165) is 10.9 Å². The van der Waals surface area contributed by atoms with Gasteiger partial charge in [0, 0.05) is 40.5 Å². The normalized spacial score (nSPS) is 16.5. The minimum Gasteiger partial charge on any atom is -0.475 e. The lowest BCUT2D eigenvalue weighted by molar-refractivity contribution is -0.192. The van der Waals surface area contributed by atoms with Crippen LogP contribution in [-0.2, 0) is 15.8 Å². The van der Waals surface area contributed by atoms with E-state index in [4.69, 9.17) is 21.5 Å². The molecule has 0 unspecified atom stereocenters. The second-order valence-corrected chi connectivity index (χ2v) is 11.9. The quantitative estimate of drug-likeness (QED) is 0.187. The summed E-state index contributed by atoms with van der Waals surface area (Å²) in [6.45, 7) is -1.29. The maximum Gasteiger partial charge on any atom is 0.490 e. The number of carbonyl (C=O) groups is 2. The van der Waals surface area contributed by atoms with Crippen molar-refractivity contribution in [2.24, 2.45) is 5.92 Å². The SMILES string of the molecule is C[C@@H]1CCC[C@H](n2cnc(-c3cc(Cl)ccc3-n3cc(C(F)(F)F)nn3)cc2=O)c2cncc(c2)-c2c(cnn2C(F)F)NC1=O.O=C(O)C(F)(F)F. The first-order valence-corrected chi connectivity index (χ1v) is 15.5. The molecule has 1 aliphatic rings. The zero-order valence-electron chi connectivity index (χ0n) is 26.8. The standard InChI is InChI=1S/C29H23ClF5N9O2.C2HF3O2/c1-15-3-2-4-22(16-7-17(11-36-10-16)26-21(39-27(15)46)12-38-44(26)28(31)32)42-14-37-20(9-25(42)45)19-8-18(30)5-6-23(19)43-13-24(40-41-43)29(33,34)35;3-2(4,5)1(6)7/h5-15,22,28H,2-4H2,1H3,(H,39,46);(H,6,7)/t15-,22+;/m1./s1. The Labute approximate surface area is 296 Å². The van der Waals surface area contributed by atoms with E-state index in [1.165, 1.54) is 47.6 Å². The van der Waals surface area contributed by atoms with Crippen molar-refractivity contribution in [1.82, 2.24) is 39.3 Å². The molecule has 22 heteroatoms. The number of halogens is 9.